The molecule has 0 aliphatic carbocycles. The average Bonchev–Trinajstić information content (AvgIpc) is 2.77. The molecule has 0 spiro atoms. The number of furan rings is 1. The molecule has 100 valence electrons. The van der Waals surface area contributed by atoms with Crippen molar-refractivity contribution in [1.29, 1.82) is 0 Å². The van der Waals surface area contributed by atoms with Crippen molar-refractivity contribution in [3.05, 3.63) is 51.0 Å². The minimum Gasteiger partial charge on any atom is -0.486 e. The van der Waals surface area contributed by atoms with E-state index >= 15 is 0 Å². The highest BCUT2D eigenvalue weighted by molar-refractivity contribution is 14.1. The van der Waals surface area contributed by atoms with Crippen LogP contribution in [-0.4, -0.2) is 5.91 Å². The number of amides is 1. The van der Waals surface area contributed by atoms with Crippen molar-refractivity contribution < 1.29 is 13.9 Å². The van der Waals surface area contributed by atoms with Crippen LogP contribution in [0.15, 0.2) is 34.7 Å². The Morgan fingerprint density at radius 3 is 2.95 bits per heavy atom. The topological polar surface area (TPSA) is 77.5 Å². The average molecular weight is 372 g/mol. The van der Waals surface area contributed by atoms with Crippen LogP contribution in [0.25, 0.3) is 0 Å². The number of benzene rings is 1. The SMILES string of the molecule is Cc1oc(COc2cccc(I)c2)cc1C(=O)NN. The maximum atomic E-state index is 11.4. The van der Waals surface area contributed by atoms with Gasteiger partial charge in [-0.25, -0.2) is 5.84 Å². The Hall–Kier alpha value is -1.54. The third-order valence-corrected chi connectivity index (χ3v) is 3.19. The van der Waals surface area contributed by atoms with Crippen molar-refractivity contribution in [2.24, 2.45) is 5.84 Å². The van der Waals surface area contributed by atoms with Gasteiger partial charge in [-0.15, -0.1) is 0 Å². The molecule has 2 aromatic rings. The van der Waals surface area contributed by atoms with Crippen LogP contribution >= 0.6 is 22.6 Å². The molecule has 0 fully saturated rings. The van der Waals surface area contributed by atoms with Gasteiger partial charge in [-0.2, -0.15) is 0 Å². The van der Waals surface area contributed by atoms with Crippen molar-refractivity contribution >= 4 is 28.5 Å². The number of carbonyl (C=O) groups excluding carboxylic acids is 1. The summed E-state index contributed by atoms with van der Waals surface area (Å²) in [5, 5.41) is 0. The Morgan fingerprint density at radius 2 is 2.26 bits per heavy atom. The van der Waals surface area contributed by atoms with E-state index in [4.69, 9.17) is 15.0 Å². The van der Waals surface area contributed by atoms with E-state index in [9.17, 15) is 4.79 Å². The predicted molar refractivity (Wildman–Crippen MR) is 78.6 cm³/mol. The lowest BCUT2D eigenvalue weighted by molar-refractivity contribution is 0.0952. The van der Waals surface area contributed by atoms with E-state index in [0.717, 1.165) is 9.32 Å². The van der Waals surface area contributed by atoms with Crippen LogP contribution in [0.3, 0.4) is 0 Å². The minimum absolute atomic E-state index is 0.263. The van der Waals surface area contributed by atoms with Crippen molar-refractivity contribution in [3.8, 4) is 5.75 Å². The van der Waals surface area contributed by atoms with Crippen LogP contribution in [-0.2, 0) is 6.61 Å². The molecule has 1 amide bonds. The van der Waals surface area contributed by atoms with Crippen LogP contribution in [0.2, 0.25) is 0 Å². The fourth-order valence-electron chi connectivity index (χ4n) is 1.63. The van der Waals surface area contributed by atoms with E-state index in [1.165, 1.54) is 0 Å². The number of aryl methyl sites for hydroxylation is 1. The first-order valence-electron chi connectivity index (χ1n) is 5.59. The molecule has 2 rings (SSSR count). The first kappa shape index (κ1) is 13.9. The second kappa shape index (κ2) is 6.07. The fourth-order valence-corrected chi connectivity index (χ4v) is 2.14. The number of hydrogen-bond donors (Lipinski definition) is 2. The van der Waals surface area contributed by atoms with Gasteiger partial charge in [0.05, 0.1) is 5.56 Å². The first-order valence-corrected chi connectivity index (χ1v) is 6.66. The van der Waals surface area contributed by atoms with Gasteiger partial charge in [0, 0.05) is 3.57 Å². The van der Waals surface area contributed by atoms with Crippen molar-refractivity contribution in [2.75, 3.05) is 0 Å². The minimum atomic E-state index is -0.373. The summed E-state index contributed by atoms with van der Waals surface area (Å²) in [6.45, 7) is 1.97. The van der Waals surface area contributed by atoms with Gasteiger partial charge < -0.3 is 9.15 Å². The third kappa shape index (κ3) is 3.48. The van der Waals surface area contributed by atoms with Gasteiger partial charge in [0.2, 0.25) is 0 Å². The number of carbonyl (C=O) groups is 1. The summed E-state index contributed by atoms with van der Waals surface area (Å²) in [6.07, 6.45) is 0. The largest absolute Gasteiger partial charge is 0.486 e. The molecule has 3 N–H and O–H groups in total. The van der Waals surface area contributed by atoms with Gasteiger partial charge in [0.15, 0.2) is 0 Å². The first-order chi connectivity index (χ1) is 9.10. The molecular weight excluding hydrogens is 359 g/mol. The van der Waals surface area contributed by atoms with Gasteiger partial charge in [0.1, 0.15) is 23.9 Å². The Labute approximate surface area is 124 Å². The lowest BCUT2D eigenvalue weighted by Crippen LogP contribution is -2.30. The van der Waals surface area contributed by atoms with E-state index in [-0.39, 0.29) is 12.5 Å². The Balaban J connectivity index is 2.06. The predicted octanol–water partition coefficient (Wildman–Crippen LogP) is 2.38. The second-order valence-corrected chi connectivity index (χ2v) is 5.15. The van der Waals surface area contributed by atoms with E-state index in [1.807, 2.05) is 24.3 Å². The zero-order chi connectivity index (χ0) is 13.8. The Bertz CT molecular complexity index is 595. The van der Waals surface area contributed by atoms with Crippen LogP contribution in [0.4, 0.5) is 0 Å². The molecule has 1 heterocycles. The molecule has 1 aromatic carbocycles. The number of hydrazine groups is 1. The standard InChI is InChI=1S/C13H13IN2O3/c1-8-12(13(17)16-15)6-11(19-8)7-18-10-4-2-3-9(14)5-10/h2-6H,7,15H2,1H3,(H,16,17). The normalized spacial score (nSPS) is 10.3. The van der Waals surface area contributed by atoms with E-state index in [0.29, 0.717) is 17.1 Å². The van der Waals surface area contributed by atoms with Crippen molar-refractivity contribution in [2.45, 2.75) is 13.5 Å². The smallest absolute Gasteiger partial charge is 0.268 e. The zero-order valence-corrected chi connectivity index (χ0v) is 12.4. The molecule has 6 heteroatoms. The molecule has 0 saturated heterocycles. The molecule has 0 aliphatic heterocycles. The quantitative estimate of drug-likeness (QED) is 0.374. The van der Waals surface area contributed by atoms with E-state index in [1.54, 1.807) is 13.0 Å². The molecule has 1 aromatic heterocycles. The highest BCUT2D eigenvalue weighted by Gasteiger charge is 2.14. The summed E-state index contributed by atoms with van der Waals surface area (Å²) in [5.74, 6) is 6.57. The molecule has 0 bridgehead atoms. The number of nitrogens with two attached hydrogens (primary N) is 1. The van der Waals surface area contributed by atoms with Gasteiger partial charge in [0.25, 0.3) is 5.91 Å². The Kier molecular flexibility index (Phi) is 4.43. The van der Waals surface area contributed by atoms with Gasteiger partial charge >= 0.3 is 0 Å². The second-order valence-electron chi connectivity index (χ2n) is 3.90. The van der Waals surface area contributed by atoms with E-state index < -0.39 is 0 Å². The molecule has 0 aliphatic rings. The van der Waals surface area contributed by atoms with Crippen LogP contribution in [0.1, 0.15) is 21.9 Å². The molecule has 0 unspecified atom stereocenters. The fraction of sp³-hybridized carbons (Fsp3) is 0.154. The third-order valence-electron chi connectivity index (χ3n) is 2.52. The number of nitrogen functional groups attached to an aromatic ring is 1. The molecular formula is C13H13IN2O3. The van der Waals surface area contributed by atoms with Crippen LogP contribution in [0.5, 0.6) is 5.75 Å². The zero-order valence-electron chi connectivity index (χ0n) is 10.3. The number of rotatable bonds is 4. The summed E-state index contributed by atoms with van der Waals surface area (Å²) >= 11 is 2.21. The summed E-state index contributed by atoms with van der Waals surface area (Å²) in [5.41, 5.74) is 2.50. The molecule has 0 radical (unpaired) electrons. The highest BCUT2D eigenvalue weighted by Crippen LogP contribution is 2.19. The maximum Gasteiger partial charge on any atom is 0.268 e. The molecule has 0 saturated carbocycles. The molecule has 19 heavy (non-hydrogen) atoms. The van der Waals surface area contributed by atoms with Gasteiger partial charge in [-0.1, -0.05) is 6.07 Å². The van der Waals surface area contributed by atoms with Crippen molar-refractivity contribution in [1.82, 2.24) is 5.43 Å². The highest BCUT2D eigenvalue weighted by atomic mass is 127. The Morgan fingerprint density at radius 1 is 1.47 bits per heavy atom. The summed E-state index contributed by atoms with van der Waals surface area (Å²) in [6, 6.07) is 9.31. The van der Waals surface area contributed by atoms with Gasteiger partial charge in [-0.3, -0.25) is 10.2 Å². The molecule has 5 nitrogen and oxygen atoms in total. The summed E-state index contributed by atoms with van der Waals surface area (Å²) in [4.78, 5) is 11.4. The summed E-state index contributed by atoms with van der Waals surface area (Å²) < 4.78 is 12.1. The number of ether oxygens (including phenoxy) is 1. The summed E-state index contributed by atoms with van der Waals surface area (Å²) in [7, 11) is 0. The number of halogens is 1. The number of hydrogen-bond acceptors (Lipinski definition) is 4. The van der Waals surface area contributed by atoms with Crippen molar-refractivity contribution in [3.63, 3.8) is 0 Å². The number of nitrogens with one attached hydrogen (secondary N) is 1. The lowest BCUT2D eigenvalue weighted by atomic mass is 10.2. The van der Waals surface area contributed by atoms with Crippen LogP contribution in [0, 0.1) is 10.5 Å². The monoisotopic (exact) mass is 372 g/mol. The maximum absolute atomic E-state index is 11.4. The lowest BCUT2D eigenvalue weighted by Gasteiger charge is -2.03. The van der Waals surface area contributed by atoms with E-state index in [2.05, 4.69) is 28.0 Å². The molecule has 0 atom stereocenters. The van der Waals surface area contributed by atoms with Gasteiger partial charge in [-0.05, 0) is 53.8 Å². The van der Waals surface area contributed by atoms with Crippen LogP contribution < -0.4 is 16.0 Å².